The van der Waals surface area contributed by atoms with E-state index in [0.717, 1.165) is 22.8 Å². The van der Waals surface area contributed by atoms with Crippen LogP contribution in [0.1, 0.15) is 12.5 Å². The highest BCUT2D eigenvalue weighted by molar-refractivity contribution is 7.89. The van der Waals surface area contributed by atoms with Crippen molar-refractivity contribution in [2.75, 3.05) is 18.4 Å². The highest BCUT2D eigenvalue weighted by Crippen LogP contribution is 2.18. The number of pyridine rings is 1. The largest absolute Gasteiger partial charge is 0.351 e. The molecule has 0 bridgehead atoms. The molecule has 0 radical (unpaired) electrons. The van der Waals surface area contributed by atoms with Gasteiger partial charge in [0, 0.05) is 36.1 Å². The fourth-order valence-corrected chi connectivity index (χ4v) is 4.33. The molecule has 0 saturated carbocycles. The Morgan fingerprint density at radius 2 is 1.87 bits per heavy atom. The van der Waals surface area contributed by atoms with Crippen LogP contribution in [0.5, 0.6) is 0 Å². The Hall–Kier alpha value is -3.01. The predicted molar refractivity (Wildman–Crippen MR) is 118 cm³/mol. The highest BCUT2D eigenvalue weighted by atomic mass is 32.2. The molecule has 0 aliphatic carbocycles. The number of nitrogens with two attached hydrogens (primary N) is 1. The number of sulfonamides is 1. The van der Waals surface area contributed by atoms with Crippen molar-refractivity contribution in [1.29, 1.82) is 0 Å². The molecule has 0 aliphatic heterocycles. The number of urea groups is 1. The number of carbonyl (C=O) groups excluding carboxylic acids is 1. The first-order valence-electron chi connectivity index (χ1n) is 9.56. The van der Waals surface area contributed by atoms with E-state index < -0.39 is 16.1 Å². The number of hydrogen-bond donors (Lipinski definition) is 4. The number of primary amides is 1. The molecule has 1 atom stereocenters. The van der Waals surface area contributed by atoms with E-state index in [1.165, 1.54) is 0 Å². The molecule has 5 N–H and O–H groups in total. The van der Waals surface area contributed by atoms with Crippen molar-refractivity contribution in [3.63, 3.8) is 0 Å². The summed E-state index contributed by atoms with van der Waals surface area (Å²) in [4.78, 5) is 15.1. The van der Waals surface area contributed by atoms with Crippen LogP contribution in [-0.2, 0) is 16.4 Å². The third-order valence-corrected chi connectivity index (χ3v) is 6.13. The van der Waals surface area contributed by atoms with Gasteiger partial charge in [0.2, 0.25) is 10.0 Å². The summed E-state index contributed by atoms with van der Waals surface area (Å²) < 4.78 is 28.0. The lowest BCUT2D eigenvalue weighted by Crippen LogP contribution is -2.40. The predicted octanol–water partition coefficient (Wildman–Crippen LogP) is 2.22. The topological polar surface area (TPSA) is 126 Å². The van der Waals surface area contributed by atoms with Gasteiger partial charge in [-0.05, 0) is 61.2 Å². The van der Waals surface area contributed by atoms with E-state index in [-0.39, 0.29) is 10.9 Å². The molecule has 8 nitrogen and oxygen atoms in total. The average Bonchev–Trinajstić information content (AvgIpc) is 2.71. The van der Waals surface area contributed by atoms with E-state index in [2.05, 4.69) is 20.3 Å². The Kier molecular flexibility index (Phi) is 6.99. The highest BCUT2D eigenvalue weighted by Gasteiger charge is 2.17. The van der Waals surface area contributed by atoms with Gasteiger partial charge in [-0.25, -0.2) is 17.9 Å². The van der Waals surface area contributed by atoms with Gasteiger partial charge in [0.25, 0.3) is 0 Å². The monoisotopic (exact) mass is 427 g/mol. The van der Waals surface area contributed by atoms with Crippen molar-refractivity contribution >= 4 is 32.5 Å². The fourth-order valence-electron chi connectivity index (χ4n) is 3.05. The van der Waals surface area contributed by atoms with Crippen molar-refractivity contribution in [1.82, 2.24) is 15.0 Å². The quantitative estimate of drug-likeness (QED) is 0.390. The number of aromatic nitrogens is 1. The molecular formula is C21H25N5O3S. The van der Waals surface area contributed by atoms with Gasteiger partial charge in [0.1, 0.15) is 0 Å². The molecule has 2 amide bonds. The second-order valence-corrected chi connectivity index (χ2v) is 8.76. The maximum atomic E-state index is 12.7. The van der Waals surface area contributed by atoms with Gasteiger partial charge in [-0.3, -0.25) is 4.98 Å². The summed E-state index contributed by atoms with van der Waals surface area (Å²) in [5, 5.41) is 7.50. The van der Waals surface area contributed by atoms with Gasteiger partial charge >= 0.3 is 6.03 Å². The minimum absolute atomic E-state index is 0.234. The van der Waals surface area contributed by atoms with E-state index in [4.69, 9.17) is 5.73 Å². The zero-order valence-corrected chi connectivity index (χ0v) is 17.4. The first-order valence-corrected chi connectivity index (χ1v) is 11.0. The van der Waals surface area contributed by atoms with Crippen LogP contribution in [0.3, 0.4) is 0 Å². The Bertz CT molecular complexity index is 1120. The molecule has 9 heteroatoms. The normalized spacial score (nSPS) is 12.6. The summed E-state index contributed by atoms with van der Waals surface area (Å²) in [6.45, 7) is 3.01. The molecule has 30 heavy (non-hydrogen) atoms. The number of nitrogens with zero attached hydrogens (tertiary/aromatic N) is 1. The van der Waals surface area contributed by atoms with Gasteiger partial charge in [-0.2, -0.15) is 0 Å². The smallest absolute Gasteiger partial charge is 0.316 e. The molecule has 1 unspecified atom stereocenters. The third kappa shape index (κ3) is 5.99. The average molecular weight is 428 g/mol. The molecule has 3 aromatic rings. The standard InChI is InChI=1S/C21H25N5O3S/c1-15(13-23-10-8-16-2-5-19(6-3-16)25-21(22)27)26-30(28,29)20-7-4-18-14-24-11-9-17(18)12-20/h2-7,9,11-12,14-15,23,26H,8,10,13H2,1H3,(H3,22,25,27). The van der Waals surface area contributed by atoms with Crippen LogP contribution in [0, 0.1) is 0 Å². The van der Waals surface area contributed by atoms with E-state index in [9.17, 15) is 13.2 Å². The number of rotatable bonds is 9. The number of benzene rings is 2. The minimum Gasteiger partial charge on any atom is -0.351 e. The first-order chi connectivity index (χ1) is 14.3. The summed E-state index contributed by atoms with van der Waals surface area (Å²) in [5.74, 6) is 0. The van der Waals surface area contributed by atoms with Crippen molar-refractivity contribution < 1.29 is 13.2 Å². The van der Waals surface area contributed by atoms with Gasteiger partial charge in [0.05, 0.1) is 4.90 Å². The number of anilines is 1. The zero-order valence-electron chi connectivity index (χ0n) is 16.6. The lowest BCUT2D eigenvalue weighted by atomic mass is 10.1. The van der Waals surface area contributed by atoms with E-state index in [0.29, 0.717) is 18.8 Å². The second kappa shape index (κ2) is 9.66. The molecule has 158 valence electrons. The van der Waals surface area contributed by atoms with Crippen LogP contribution in [-0.4, -0.2) is 38.6 Å². The number of fused-ring (bicyclic) bond motifs is 1. The molecule has 0 saturated heterocycles. The zero-order chi connectivity index (χ0) is 21.6. The molecule has 1 aromatic heterocycles. The van der Waals surface area contributed by atoms with Crippen molar-refractivity contribution in [3.05, 3.63) is 66.5 Å². The van der Waals surface area contributed by atoms with Gasteiger partial charge in [-0.1, -0.05) is 18.2 Å². The van der Waals surface area contributed by atoms with Gasteiger partial charge < -0.3 is 16.4 Å². The first kappa shape index (κ1) is 21.7. The molecule has 1 heterocycles. The lowest BCUT2D eigenvalue weighted by molar-refractivity contribution is 0.259. The SMILES string of the molecule is CC(CNCCc1ccc(NC(N)=O)cc1)NS(=O)(=O)c1ccc2cnccc2c1. The van der Waals surface area contributed by atoms with Crippen molar-refractivity contribution in [3.8, 4) is 0 Å². The van der Waals surface area contributed by atoms with Crippen LogP contribution >= 0.6 is 0 Å². The Labute approximate surface area is 175 Å². The summed E-state index contributed by atoms with van der Waals surface area (Å²) in [7, 11) is -3.61. The minimum atomic E-state index is -3.61. The van der Waals surface area contributed by atoms with E-state index in [1.807, 2.05) is 19.1 Å². The Balaban J connectivity index is 1.47. The number of hydrogen-bond acceptors (Lipinski definition) is 5. The van der Waals surface area contributed by atoms with Crippen LogP contribution in [0.4, 0.5) is 10.5 Å². The number of nitrogens with one attached hydrogen (secondary N) is 3. The summed E-state index contributed by atoms with van der Waals surface area (Å²) in [6, 6.07) is 13.3. The van der Waals surface area contributed by atoms with E-state index >= 15 is 0 Å². The van der Waals surface area contributed by atoms with Crippen LogP contribution in [0.2, 0.25) is 0 Å². The lowest BCUT2D eigenvalue weighted by Gasteiger charge is -2.15. The number of amides is 2. The third-order valence-electron chi connectivity index (χ3n) is 4.54. The van der Waals surface area contributed by atoms with Crippen LogP contribution in [0.15, 0.2) is 65.8 Å². The second-order valence-electron chi connectivity index (χ2n) is 7.05. The number of carbonyl (C=O) groups is 1. The van der Waals surface area contributed by atoms with Crippen molar-refractivity contribution in [2.24, 2.45) is 5.73 Å². The summed E-state index contributed by atoms with van der Waals surface area (Å²) >= 11 is 0. The van der Waals surface area contributed by atoms with Gasteiger partial charge in [-0.15, -0.1) is 0 Å². The Morgan fingerprint density at radius 1 is 1.10 bits per heavy atom. The maximum Gasteiger partial charge on any atom is 0.316 e. The molecule has 0 fully saturated rings. The molecule has 2 aromatic carbocycles. The molecule has 0 aliphatic rings. The summed E-state index contributed by atoms with van der Waals surface area (Å²) in [5.41, 5.74) is 6.82. The fraction of sp³-hybridized carbons (Fsp3) is 0.238. The van der Waals surface area contributed by atoms with Crippen LogP contribution < -0.4 is 21.1 Å². The van der Waals surface area contributed by atoms with E-state index in [1.54, 1.807) is 48.8 Å². The molecule has 0 spiro atoms. The summed E-state index contributed by atoms with van der Waals surface area (Å²) in [6.07, 6.45) is 4.11. The van der Waals surface area contributed by atoms with Crippen molar-refractivity contribution in [2.45, 2.75) is 24.3 Å². The molecular weight excluding hydrogens is 402 g/mol. The molecule has 3 rings (SSSR count). The maximum absolute atomic E-state index is 12.7. The Morgan fingerprint density at radius 3 is 2.60 bits per heavy atom. The van der Waals surface area contributed by atoms with Gasteiger partial charge in [0.15, 0.2) is 0 Å². The van der Waals surface area contributed by atoms with Crippen LogP contribution in [0.25, 0.3) is 10.8 Å².